The molecule has 0 saturated heterocycles. The third-order valence-corrected chi connectivity index (χ3v) is 8.97. The maximum atomic E-state index is 12.1. The average molecular weight is 924 g/mol. The van der Waals surface area contributed by atoms with Gasteiger partial charge in [-0.2, -0.15) is 0 Å². The molecule has 0 aliphatic carbocycles. The van der Waals surface area contributed by atoms with Gasteiger partial charge in [-0.25, -0.2) is 9.59 Å². The lowest BCUT2D eigenvalue weighted by atomic mass is 10.2. The van der Waals surface area contributed by atoms with Crippen LogP contribution >= 0.6 is 0 Å². The van der Waals surface area contributed by atoms with Crippen molar-refractivity contribution in [3.63, 3.8) is 0 Å². The zero-order valence-electron chi connectivity index (χ0n) is 36.8. The molecular weight excluding hydrogens is 862 g/mol. The molecular formula is C41H61N7O17. The summed E-state index contributed by atoms with van der Waals surface area (Å²) in [5, 5.41) is 9.88. The van der Waals surface area contributed by atoms with Crippen LogP contribution in [0.5, 0.6) is 0 Å². The number of amides is 8. The van der Waals surface area contributed by atoms with Crippen molar-refractivity contribution in [2.75, 3.05) is 112 Å². The Morgan fingerprint density at radius 3 is 1.28 bits per heavy atom. The van der Waals surface area contributed by atoms with Crippen molar-refractivity contribution in [1.29, 1.82) is 0 Å². The van der Waals surface area contributed by atoms with E-state index in [2.05, 4.69) is 21.3 Å². The summed E-state index contributed by atoms with van der Waals surface area (Å²) in [6, 6.07) is 0. The molecule has 2 aliphatic rings. The number of nitrogens with zero attached hydrogens (tertiary/aromatic N) is 3. The number of Topliss-reactive ketones (excluding diaryl/α,β-unsaturated/α-hetero) is 1. The summed E-state index contributed by atoms with van der Waals surface area (Å²) in [6.45, 7) is 1.67. The predicted molar refractivity (Wildman–Crippen MR) is 224 cm³/mol. The lowest BCUT2D eigenvalue weighted by Gasteiger charge is -2.20. The lowest BCUT2D eigenvalue weighted by Crippen LogP contribution is -2.37. The van der Waals surface area contributed by atoms with Crippen molar-refractivity contribution in [3.05, 3.63) is 24.3 Å². The largest absolute Gasteiger partial charge is 0.463 e. The van der Waals surface area contributed by atoms with Crippen LogP contribution in [0.4, 0.5) is 9.59 Å². The highest BCUT2D eigenvalue weighted by atomic mass is 16.6. The van der Waals surface area contributed by atoms with Crippen molar-refractivity contribution in [2.24, 2.45) is 0 Å². The predicted octanol–water partition coefficient (Wildman–Crippen LogP) is -1.35. The van der Waals surface area contributed by atoms with Gasteiger partial charge in [0.15, 0.2) is 0 Å². The molecule has 24 heteroatoms. The third kappa shape index (κ3) is 26.8. The third-order valence-electron chi connectivity index (χ3n) is 8.97. The SMILES string of the molecule is CC(=O)CN(CCOC(=O)CNC(=O)OCCOCCNC(=O)CCCCCN1C(=O)C=CC1=O)CCOC(=O)CNC(=O)OCCOCCNC(=O)CCCCCN1C(=O)C=CC1=O. The summed E-state index contributed by atoms with van der Waals surface area (Å²) in [6.07, 6.45) is 7.51. The van der Waals surface area contributed by atoms with E-state index in [1.54, 1.807) is 4.90 Å². The number of rotatable bonds is 36. The molecule has 0 radical (unpaired) electrons. The molecule has 0 aromatic rings. The summed E-state index contributed by atoms with van der Waals surface area (Å²) < 4.78 is 30.7. The zero-order chi connectivity index (χ0) is 47.7. The maximum absolute atomic E-state index is 12.1. The van der Waals surface area contributed by atoms with Crippen LogP contribution < -0.4 is 21.3 Å². The first-order valence-electron chi connectivity index (χ1n) is 21.4. The van der Waals surface area contributed by atoms with E-state index in [9.17, 15) is 52.7 Å². The van der Waals surface area contributed by atoms with E-state index in [1.807, 2.05) is 0 Å². The lowest BCUT2D eigenvalue weighted by molar-refractivity contribution is -0.144. The van der Waals surface area contributed by atoms with Gasteiger partial charge in [-0.3, -0.25) is 57.9 Å². The molecule has 2 aliphatic heterocycles. The number of hydrogen-bond acceptors (Lipinski definition) is 18. The van der Waals surface area contributed by atoms with Gasteiger partial charge in [0, 0.05) is 76.4 Å². The number of carbonyl (C=O) groups is 11. The Balaban J connectivity index is 1.39. The fourth-order valence-electron chi connectivity index (χ4n) is 5.72. The van der Waals surface area contributed by atoms with Crippen LogP contribution in [0.1, 0.15) is 58.3 Å². The Morgan fingerprint density at radius 1 is 0.492 bits per heavy atom. The Hall–Kier alpha value is -6.27. The van der Waals surface area contributed by atoms with Crippen LogP contribution in [0.2, 0.25) is 0 Å². The standard InChI is InChI=1S/C41H61N7O17/c1-31(49)30-46(18-22-62-38(56)28-44-40(58)64-26-24-60-20-14-42-32(50)8-4-2-6-16-47-34(52)10-11-35(47)53)19-23-63-39(57)29-45-41(59)65-27-25-61-21-15-43-33(51)9-5-3-7-17-48-36(54)12-13-37(48)55/h10-13H,2-9,14-30H2,1H3,(H,42,50)(H,43,51)(H,44,58)(H,45,59). The van der Waals surface area contributed by atoms with Crippen LogP contribution in [0.15, 0.2) is 24.3 Å². The van der Waals surface area contributed by atoms with Gasteiger partial charge < -0.3 is 49.7 Å². The molecule has 0 fully saturated rings. The fourth-order valence-corrected chi connectivity index (χ4v) is 5.72. The molecule has 0 spiro atoms. The number of ether oxygens (including phenoxy) is 6. The van der Waals surface area contributed by atoms with Gasteiger partial charge in [-0.15, -0.1) is 0 Å². The fraction of sp³-hybridized carbons (Fsp3) is 0.634. The van der Waals surface area contributed by atoms with Crippen molar-refractivity contribution in [2.45, 2.75) is 58.3 Å². The number of nitrogens with one attached hydrogen (secondary N) is 4. The molecule has 0 saturated carbocycles. The topological polar surface area (TPSA) is 301 Å². The molecule has 65 heavy (non-hydrogen) atoms. The van der Waals surface area contributed by atoms with Crippen molar-refractivity contribution in [3.8, 4) is 0 Å². The molecule has 0 atom stereocenters. The molecule has 0 bridgehead atoms. The van der Waals surface area contributed by atoms with Gasteiger partial charge in [0.25, 0.3) is 23.6 Å². The van der Waals surface area contributed by atoms with Crippen LogP contribution in [0.3, 0.4) is 0 Å². The molecule has 24 nitrogen and oxygen atoms in total. The minimum Gasteiger partial charge on any atom is -0.463 e. The van der Waals surface area contributed by atoms with E-state index in [1.165, 1.54) is 31.2 Å². The number of imide groups is 2. The number of ketones is 1. The highest BCUT2D eigenvalue weighted by Crippen LogP contribution is 2.09. The van der Waals surface area contributed by atoms with Crippen molar-refractivity contribution >= 4 is 65.4 Å². The Kier molecular flexibility index (Phi) is 28.1. The summed E-state index contributed by atoms with van der Waals surface area (Å²) in [5.74, 6) is -3.36. The van der Waals surface area contributed by atoms with Gasteiger partial charge >= 0.3 is 24.1 Å². The Morgan fingerprint density at radius 2 is 0.892 bits per heavy atom. The van der Waals surface area contributed by atoms with E-state index in [0.717, 1.165) is 9.80 Å². The summed E-state index contributed by atoms with van der Waals surface area (Å²) in [5.41, 5.74) is 0. The zero-order valence-corrected chi connectivity index (χ0v) is 36.8. The molecule has 2 rings (SSSR count). The van der Waals surface area contributed by atoms with Crippen LogP contribution in [0, 0.1) is 0 Å². The van der Waals surface area contributed by atoms with E-state index in [4.69, 9.17) is 28.4 Å². The van der Waals surface area contributed by atoms with Gasteiger partial charge in [0.1, 0.15) is 45.3 Å². The first-order chi connectivity index (χ1) is 31.2. The summed E-state index contributed by atoms with van der Waals surface area (Å²) >= 11 is 0. The quantitative estimate of drug-likeness (QED) is 0.0244. The minimum atomic E-state index is -0.880. The average Bonchev–Trinajstić information content (AvgIpc) is 3.76. The minimum absolute atomic E-state index is 0.0205. The summed E-state index contributed by atoms with van der Waals surface area (Å²) in [4.78, 5) is 133. The van der Waals surface area contributed by atoms with E-state index >= 15 is 0 Å². The Labute approximate surface area is 376 Å². The Bertz CT molecular complexity index is 1540. The van der Waals surface area contributed by atoms with Gasteiger partial charge in [0.05, 0.1) is 33.0 Å². The number of alkyl carbamates (subject to hydrolysis) is 2. The van der Waals surface area contributed by atoms with Crippen LogP contribution in [0.25, 0.3) is 0 Å². The van der Waals surface area contributed by atoms with E-state index in [-0.39, 0.29) is 140 Å². The van der Waals surface area contributed by atoms with E-state index < -0.39 is 37.2 Å². The highest BCUT2D eigenvalue weighted by molar-refractivity contribution is 6.13. The first-order valence-corrected chi connectivity index (χ1v) is 21.4. The second-order valence-corrected chi connectivity index (χ2v) is 14.3. The monoisotopic (exact) mass is 923 g/mol. The number of esters is 2. The van der Waals surface area contributed by atoms with Crippen LogP contribution in [-0.4, -0.2) is 192 Å². The molecule has 362 valence electrons. The second kappa shape index (κ2) is 33.3. The highest BCUT2D eigenvalue weighted by Gasteiger charge is 2.23. The number of carbonyl (C=O) groups excluding carboxylic acids is 11. The molecule has 8 amide bonds. The maximum Gasteiger partial charge on any atom is 0.407 e. The van der Waals surface area contributed by atoms with Gasteiger partial charge in [-0.05, 0) is 32.6 Å². The molecule has 0 aromatic carbocycles. The van der Waals surface area contributed by atoms with Crippen molar-refractivity contribution in [1.82, 2.24) is 36.0 Å². The molecule has 2 heterocycles. The van der Waals surface area contributed by atoms with Crippen molar-refractivity contribution < 1.29 is 81.2 Å². The molecule has 0 unspecified atom stereocenters. The van der Waals surface area contributed by atoms with Gasteiger partial charge in [0.2, 0.25) is 11.8 Å². The molecule has 4 N–H and O–H groups in total. The number of unbranched alkanes of at least 4 members (excludes halogenated alkanes) is 4. The first kappa shape index (κ1) is 54.9. The molecule has 0 aromatic heterocycles. The smallest absolute Gasteiger partial charge is 0.407 e. The summed E-state index contributed by atoms with van der Waals surface area (Å²) in [7, 11) is 0. The number of hydrogen-bond donors (Lipinski definition) is 4. The van der Waals surface area contributed by atoms with Crippen LogP contribution in [-0.2, 0) is 71.6 Å². The second-order valence-electron chi connectivity index (χ2n) is 14.3. The normalized spacial score (nSPS) is 13.0. The van der Waals surface area contributed by atoms with Gasteiger partial charge in [-0.1, -0.05) is 12.8 Å². The van der Waals surface area contributed by atoms with E-state index in [0.29, 0.717) is 51.6 Å².